The highest BCUT2D eigenvalue weighted by atomic mass is 16.5. The molecule has 4 heterocycles. The lowest BCUT2D eigenvalue weighted by molar-refractivity contribution is 0.0981. The molecule has 3 aromatic rings. The Morgan fingerprint density at radius 3 is 2.71 bits per heavy atom. The van der Waals surface area contributed by atoms with Gasteiger partial charge in [0.15, 0.2) is 0 Å². The number of aryl methyl sites for hydroxylation is 1. The van der Waals surface area contributed by atoms with Crippen LogP contribution in [0.1, 0.15) is 49.3 Å². The highest BCUT2D eigenvalue weighted by Crippen LogP contribution is 2.43. The topological polar surface area (TPSA) is 97.0 Å². The first-order chi connectivity index (χ1) is 14.7. The van der Waals surface area contributed by atoms with Crippen LogP contribution in [0, 0.1) is 12.3 Å². The summed E-state index contributed by atoms with van der Waals surface area (Å²) in [6.07, 6.45) is 6.90. The normalized spacial score (nSPS) is 14.6. The molecule has 1 amide bonds. The Balaban J connectivity index is 1.77. The average Bonchev–Trinajstić information content (AvgIpc) is 3.21. The fourth-order valence-electron chi connectivity index (χ4n) is 4.05. The summed E-state index contributed by atoms with van der Waals surface area (Å²) in [7, 11) is 0. The second-order valence-electron chi connectivity index (χ2n) is 8.27. The number of hydrogen-bond acceptors (Lipinski definition) is 6. The van der Waals surface area contributed by atoms with Gasteiger partial charge in [0.2, 0.25) is 0 Å². The van der Waals surface area contributed by atoms with E-state index >= 15 is 0 Å². The van der Waals surface area contributed by atoms with Gasteiger partial charge in [0.1, 0.15) is 5.75 Å². The first-order valence-corrected chi connectivity index (χ1v) is 10.2. The maximum atomic E-state index is 13.4. The van der Waals surface area contributed by atoms with Crippen molar-refractivity contribution >= 4 is 17.3 Å². The van der Waals surface area contributed by atoms with Crippen LogP contribution in [0.2, 0.25) is 0 Å². The van der Waals surface area contributed by atoms with Crippen LogP contribution < -0.4 is 9.64 Å². The number of aromatic nitrogens is 4. The van der Waals surface area contributed by atoms with Crippen molar-refractivity contribution in [2.75, 3.05) is 11.5 Å². The molecule has 0 aliphatic carbocycles. The first kappa shape index (κ1) is 20.7. The van der Waals surface area contributed by atoms with Crippen LogP contribution in [0.5, 0.6) is 5.75 Å². The van der Waals surface area contributed by atoms with Crippen molar-refractivity contribution in [1.29, 1.82) is 5.41 Å². The summed E-state index contributed by atoms with van der Waals surface area (Å²) in [5.41, 5.74) is 4.33. The fraction of sp³-hybridized carbons (Fsp3) is 0.348. The molecule has 0 aromatic carbocycles. The van der Waals surface area contributed by atoms with E-state index in [0.29, 0.717) is 35.9 Å². The largest absolute Gasteiger partial charge is 0.492 e. The summed E-state index contributed by atoms with van der Waals surface area (Å²) in [6.45, 7) is 10.5. The molecule has 0 saturated heterocycles. The van der Waals surface area contributed by atoms with Crippen molar-refractivity contribution in [3.63, 3.8) is 0 Å². The van der Waals surface area contributed by atoms with Gasteiger partial charge in [-0.3, -0.25) is 19.4 Å². The van der Waals surface area contributed by atoms with Gasteiger partial charge in [0.25, 0.3) is 5.91 Å². The first-order valence-electron chi connectivity index (χ1n) is 10.2. The number of carbonyl (C=O) groups excluding carboxylic acids is 1. The Morgan fingerprint density at radius 1 is 1.23 bits per heavy atom. The molecule has 160 valence electrons. The van der Waals surface area contributed by atoms with E-state index in [1.165, 1.54) is 0 Å². The Labute approximate surface area is 181 Å². The van der Waals surface area contributed by atoms with Crippen molar-refractivity contribution in [2.45, 2.75) is 46.7 Å². The third-order valence-electron chi connectivity index (χ3n) is 5.37. The molecule has 0 fully saturated rings. The van der Waals surface area contributed by atoms with Crippen LogP contribution in [0.4, 0.5) is 5.69 Å². The van der Waals surface area contributed by atoms with Gasteiger partial charge in [-0.25, -0.2) is 4.98 Å². The molecule has 1 aliphatic rings. The summed E-state index contributed by atoms with van der Waals surface area (Å²) < 4.78 is 7.24. The van der Waals surface area contributed by atoms with Gasteiger partial charge < -0.3 is 10.1 Å². The maximum Gasteiger partial charge on any atom is 0.261 e. The van der Waals surface area contributed by atoms with E-state index < -0.39 is 5.54 Å². The number of rotatable bonds is 6. The molecule has 31 heavy (non-hydrogen) atoms. The molecule has 8 heteroatoms. The molecule has 0 bridgehead atoms. The zero-order chi connectivity index (χ0) is 22.3. The predicted molar refractivity (Wildman–Crippen MR) is 119 cm³/mol. The number of hydrogen-bond donors (Lipinski definition) is 1. The maximum absolute atomic E-state index is 13.4. The van der Waals surface area contributed by atoms with Crippen LogP contribution in [-0.4, -0.2) is 38.0 Å². The van der Waals surface area contributed by atoms with Crippen molar-refractivity contribution in [3.8, 4) is 17.0 Å². The minimum Gasteiger partial charge on any atom is -0.492 e. The van der Waals surface area contributed by atoms with Gasteiger partial charge in [-0.15, -0.1) is 0 Å². The van der Waals surface area contributed by atoms with E-state index in [4.69, 9.17) is 15.1 Å². The number of nitrogens with zero attached hydrogens (tertiary/aromatic N) is 5. The Hall–Kier alpha value is -3.55. The van der Waals surface area contributed by atoms with Crippen molar-refractivity contribution in [2.24, 2.45) is 0 Å². The molecule has 0 spiro atoms. The van der Waals surface area contributed by atoms with Crippen molar-refractivity contribution in [1.82, 2.24) is 19.7 Å². The molecule has 0 atom stereocenters. The van der Waals surface area contributed by atoms with Crippen LogP contribution in [0.3, 0.4) is 0 Å². The molecule has 8 nitrogen and oxygen atoms in total. The molecular formula is C23H26N6O2. The Kier molecular flexibility index (Phi) is 5.08. The number of nitrogens with one attached hydrogen (secondary N) is 1. The quantitative estimate of drug-likeness (QED) is 0.611. The zero-order valence-electron chi connectivity index (χ0n) is 18.4. The SMILES string of the molecule is CCOc1cncc(-c2cc(C)c3c(n2)C(C)(C)N(c2cnn(CC(C)=N)c2)C3=O)c1. The molecule has 1 aliphatic heterocycles. The molecule has 3 aromatic heterocycles. The third kappa shape index (κ3) is 3.58. The number of ether oxygens (including phenoxy) is 1. The molecular weight excluding hydrogens is 392 g/mol. The van der Waals surface area contributed by atoms with Gasteiger partial charge in [0.05, 0.1) is 53.7 Å². The highest BCUT2D eigenvalue weighted by Gasteiger charge is 2.47. The molecule has 1 N–H and O–H groups in total. The summed E-state index contributed by atoms with van der Waals surface area (Å²) in [5.74, 6) is 0.592. The molecule has 0 saturated carbocycles. The smallest absolute Gasteiger partial charge is 0.261 e. The lowest BCUT2D eigenvalue weighted by Gasteiger charge is -2.30. The molecule has 0 unspecified atom stereocenters. The van der Waals surface area contributed by atoms with E-state index in [0.717, 1.165) is 22.5 Å². The number of anilines is 1. The standard InChI is InChI=1S/C23H26N6O2/c1-6-31-18-8-16(9-25-11-18)19-7-14(2)20-21(27-19)23(4,5)29(22(20)30)17-10-26-28(13-17)12-15(3)24/h7-11,13,24H,6,12H2,1-5H3. The van der Waals surface area contributed by atoms with Crippen molar-refractivity contribution in [3.05, 3.63) is 53.7 Å². The zero-order valence-corrected chi connectivity index (χ0v) is 18.4. The van der Waals surface area contributed by atoms with Crippen LogP contribution in [0.25, 0.3) is 11.3 Å². The Morgan fingerprint density at radius 2 is 2.00 bits per heavy atom. The van der Waals surface area contributed by atoms with E-state index in [-0.39, 0.29) is 5.91 Å². The van der Waals surface area contributed by atoms with E-state index in [1.807, 2.05) is 39.8 Å². The van der Waals surface area contributed by atoms with Gasteiger partial charge >= 0.3 is 0 Å². The van der Waals surface area contributed by atoms with Gasteiger partial charge in [0, 0.05) is 23.7 Å². The summed E-state index contributed by atoms with van der Waals surface area (Å²) >= 11 is 0. The Bertz CT molecular complexity index is 1180. The van der Waals surface area contributed by atoms with Crippen LogP contribution in [-0.2, 0) is 12.1 Å². The number of carbonyl (C=O) groups is 1. The summed E-state index contributed by atoms with van der Waals surface area (Å²) in [4.78, 5) is 24.3. The van der Waals surface area contributed by atoms with Crippen LogP contribution >= 0.6 is 0 Å². The van der Waals surface area contributed by atoms with Gasteiger partial charge in [-0.05, 0) is 52.3 Å². The number of pyridine rings is 2. The average molecular weight is 419 g/mol. The van der Waals surface area contributed by atoms with E-state index in [2.05, 4.69) is 10.1 Å². The fourth-order valence-corrected chi connectivity index (χ4v) is 4.05. The van der Waals surface area contributed by atoms with E-state index in [9.17, 15) is 4.79 Å². The predicted octanol–water partition coefficient (Wildman–Crippen LogP) is 3.98. The van der Waals surface area contributed by atoms with Gasteiger partial charge in [-0.1, -0.05) is 0 Å². The summed E-state index contributed by atoms with van der Waals surface area (Å²) in [5, 5.41) is 12.0. The van der Waals surface area contributed by atoms with E-state index in [1.54, 1.807) is 41.3 Å². The van der Waals surface area contributed by atoms with Crippen molar-refractivity contribution < 1.29 is 9.53 Å². The number of fused-ring (bicyclic) bond motifs is 1. The second-order valence-corrected chi connectivity index (χ2v) is 8.27. The third-order valence-corrected chi connectivity index (χ3v) is 5.37. The summed E-state index contributed by atoms with van der Waals surface area (Å²) in [6, 6.07) is 3.83. The highest BCUT2D eigenvalue weighted by molar-refractivity contribution is 6.12. The van der Waals surface area contributed by atoms with Crippen LogP contribution in [0.15, 0.2) is 36.9 Å². The number of amides is 1. The van der Waals surface area contributed by atoms with Gasteiger partial charge in [-0.2, -0.15) is 5.10 Å². The lowest BCUT2D eigenvalue weighted by atomic mass is 9.96. The lowest BCUT2D eigenvalue weighted by Crippen LogP contribution is -2.39. The second kappa shape index (κ2) is 7.61. The minimum atomic E-state index is -0.661. The monoisotopic (exact) mass is 418 g/mol. The minimum absolute atomic E-state index is 0.0936. The molecule has 4 rings (SSSR count). The molecule has 0 radical (unpaired) electrons.